The van der Waals surface area contributed by atoms with Gasteiger partial charge < -0.3 is 0 Å². The Labute approximate surface area is 128 Å². The number of alkyl halides is 1. The lowest BCUT2D eigenvalue weighted by Crippen LogP contribution is -2.68. The van der Waals surface area contributed by atoms with Crippen molar-refractivity contribution >= 4 is 17.4 Å². The number of benzene rings is 1. The molecule has 1 aromatic heterocycles. The predicted molar refractivity (Wildman–Crippen MR) is 62.3 cm³/mol. The minimum Gasteiger partial charge on any atom is -0.285 e. The Morgan fingerprint density at radius 1 is 0.952 bits per heavy atom. The van der Waals surface area contributed by atoms with Crippen LogP contribution in [0.25, 0.3) is 0 Å². The molecule has 0 radical (unpaired) electrons. The van der Waals surface area contributed by atoms with Crippen LogP contribution < -0.4 is 23.2 Å². The minimum atomic E-state index is -4.94. The van der Waals surface area contributed by atoms with E-state index >= 15 is 0 Å². The van der Waals surface area contributed by atoms with E-state index in [4.69, 9.17) is 30.2 Å². The number of pyridine rings is 1. The zero-order valence-corrected chi connectivity index (χ0v) is 12.1. The molecule has 0 aliphatic rings. The van der Waals surface area contributed by atoms with Crippen LogP contribution in [0.2, 0.25) is 0 Å². The third-order valence-corrected chi connectivity index (χ3v) is 2.70. The smallest absolute Gasteiger partial charge is 0.285 e. The number of halogens is 2. The molecule has 0 spiro atoms. The maximum atomic E-state index is 12.0. The van der Waals surface area contributed by atoms with Gasteiger partial charge in [0, 0.05) is 17.7 Å². The lowest BCUT2D eigenvalue weighted by atomic mass is 10.1. The molecule has 0 aliphatic carbocycles. The fraction of sp³-hybridized carbons (Fsp3) is 0.0769. The third-order valence-electron chi connectivity index (χ3n) is 2.28. The number of Topliss-reactive ketones (excluding diaryl/α,β-unsaturated/α-hetero) is 1. The first kappa shape index (κ1) is 17.5. The van der Waals surface area contributed by atoms with Crippen LogP contribution in [0.1, 0.15) is 15.9 Å². The summed E-state index contributed by atoms with van der Waals surface area (Å²) < 4.78 is 35.6. The SMILES string of the molecule is O=C(c1ccccc1)C(Cl)[n+]1ccccc1.[O-][Cl+3]([O-])([O-])[O-]. The van der Waals surface area contributed by atoms with Gasteiger partial charge in [0.1, 0.15) is 0 Å². The van der Waals surface area contributed by atoms with Crippen molar-refractivity contribution < 1.29 is 38.2 Å². The molecule has 1 heterocycles. The van der Waals surface area contributed by atoms with E-state index in [0.29, 0.717) is 5.56 Å². The van der Waals surface area contributed by atoms with Crippen LogP contribution in [-0.4, -0.2) is 5.78 Å². The van der Waals surface area contributed by atoms with Crippen molar-refractivity contribution in [1.29, 1.82) is 0 Å². The highest BCUT2D eigenvalue weighted by molar-refractivity contribution is 6.30. The molecule has 0 saturated heterocycles. The maximum absolute atomic E-state index is 12.0. The second kappa shape index (κ2) is 8.04. The molecule has 0 fully saturated rings. The van der Waals surface area contributed by atoms with Crippen molar-refractivity contribution in [2.45, 2.75) is 5.50 Å². The first-order valence-corrected chi connectivity index (χ1v) is 7.27. The van der Waals surface area contributed by atoms with E-state index in [1.165, 1.54) is 0 Å². The van der Waals surface area contributed by atoms with Gasteiger partial charge in [-0.3, -0.25) is 4.79 Å². The summed E-state index contributed by atoms with van der Waals surface area (Å²) in [7, 11) is -4.94. The molecule has 0 bridgehead atoms. The maximum Gasteiger partial charge on any atom is 0.295 e. The predicted octanol–water partition coefficient (Wildman–Crippen LogP) is -2.16. The second-order valence-corrected chi connectivity index (χ2v) is 4.94. The number of rotatable bonds is 3. The van der Waals surface area contributed by atoms with Gasteiger partial charge in [0.25, 0.3) is 5.50 Å². The van der Waals surface area contributed by atoms with Crippen LogP contribution >= 0.6 is 11.6 Å². The molecular formula is C13H11Cl2NO5. The van der Waals surface area contributed by atoms with E-state index in [9.17, 15) is 4.79 Å². The van der Waals surface area contributed by atoms with E-state index in [0.717, 1.165) is 0 Å². The quantitative estimate of drug-likeness (QED) is 0.361. The monoisotopic (exact) mass is 331 g/mol. The highest BCUT2D eigenvalue weighted by Crippen LogP contribution is 2.12. The topological polar surface area (TPSA) is 113 Å². The lowest BCUT2D eigenvalue weighted by Gasteiger charge is -2.17. The number of carbonyl (C=O) groups excluding carboxylic acids is 1. The Bertz CT molecular complexity index is 554. The number of ketones is 1. The fourth-order valence-corrected chi connectivity index (χ4v) is 1.69. The van der Waals surface area contributed by atoms with E-state index in [1.807, 2.05) is 36.4 Å². The summed E-state index contributed by atoms with van der Waals surface area (Å²) in [4.78, 5) is 12.0. The molecule has 8 heteroatoms. The van der Waals surface area contributed by atoms with Crippen LogP contribution in [0.3, 0.4) is 0 Å². The lowest BCUT2D eigenvalue weighted by molar-refractivity contribution is -2.00. The molecule has 0 saturated carbocycles. The molecule has 1 unspecified atom stereocenters. The molecule has 0 aliphatic heterocycles. The number of hydrogen-bond donors (Lipinski definition) is 0. The zero-order chi connectivity index (χ0) is 15.9. The molecule has 6 nitrogen and oxygen atoms in total. The van der Waals surface area contributed by atoms with Crippen LogP contribution in [0, 0.1) is 10.2 Å². The van der Waals surface area contributed by atoms with Crippen molar-refractivity contribution in [3.05, 3.63) is 66.5 Å². The van der Waals surface area contributed by atoms with Gasteiger partial charge in [-0.05, 0) is 11.6 Å². The van der Waals surface area contributed by atoms with Gasteiger partial charge in [0.2, 0.25) is 5.78 Å². The molecular weight excluding hydrogens is 321 g/mol. The molecule has 0 N–H and O–H groups in total. The molecule has 1 aromatic carbocycles. The van der Waals surface area contributed by atoms with E-state index in [1.54, 1.807) is 29.1 Å². The van der Waals surface area contributed by atoms with Crippen LogP contribution in [-0.2, 0) is 0 Å². The highest BCUT2D eigenvalue weighted by Gasteiger charge is 2.24. The van der Waals surface area contributed by atoms with Crippen molar-refractivity contribution in [3.8, 4) is 0 Å². The minimum absolute atomic E-state index is 0.0986. The molecule has 1 atom stereocenters. The van der Waals surface area contributed by atoms with Crippen molar-refractivity contribution in [2.24, 2.45) is 0 Å². The molecule has 2 aromatic rings. The average Bonchev–Trinajstić information content (AvgIpc) is 2.46. The number of nitrogens with zero attached hydrogens (tertiary/aromatic N) is 1. The summed E-state index contributed by atoms with van der Waals surface area (Å²) in [5.41, 5.74) is -0.0672. The summed E-state index contributed by atoms with van der Waals surface area (Å²) >= 11 is 6.10. The molecule has 112 valence electrons. The second-order valence-electron chi connectivity index (χ2n) is 3.77. The number of aromatic nitrogens is 1. The van der Waals surface area contributed by atoms with Crippen LogP contribution in [0.15, 0.2) is 60.9 Å². The fourth-order valence-electron chi connectivity index (χ4n) is 1.44. The van der Waals surface area contributed by atoms with Crippen LogP contribution in [0.4, 0.5) is 0 Å². The Hall–Kier alpha value is -1.54. The molecule has 21 heavy (non-hydrogen) atoms. The largest absolute Gasteiger partial charge is 0.295 e. The van der Waals surface area contributed by atoms with Crippen molar-refractivity contribution in [1.82, 2.24) is 0 Å². The summed E-state index contributed by atoms with van der Waals surface area (Å²) in [6, 6.07) is 14.6. The van der Waals surface area contributed by atoms with Crippen molar-refractivity contribution in [2.75, 3.05) is 0 Å². The third kappa shape index (κ3) is 7.14. The van der Waals surface area contributed by atoms with Gasteiger partial charge in [0.15, 0.2) is 12.4 Å². The Morgan fingerprint density at radius 3 is 1.86 bits per heavy atom. The van der Waals surface area contributed by atoms with Gasteiger partial charge in [-0.15, -0.1) is 10.2 Å². The van der Waals surface area contributed by atoms with Gasteiger partial charge in [0.05, 0.1) is 0 Å². The average molecular weight is 332 g/mol. The van der Waals surface area contributed by atoms with E-state index < -0.39 is 15.7 Å². The number of carbonyl (C=O) groups is 1. The van der Waals surface area contributed by atoms with Gasteiger partial charge in [-0.2, -0.15) is 4.57 Å². The Morgan fingerprint density at radius 2 is 1.38 bits per heavy atom. The Kier molecular flexibility index (Phi) is 6.70. The standard InChI is InChI=1S/C13H11ClNO.ClHO4/c14-13(15-9-5-2-6-10-15)12(16)11-7-3-1-4-8-11;2-1(3,4)5/h1-10,13H;(H,2,3,4,5)/q+1;/p-1. The van der Waals surface area contributed by atoms with Gasteiger partial charge in [-0.1, -0.05) is 36.4 Å². The van der Waals surface area contributed by atoms with Crippen LogP contribution in [0.5, 0.6) is 0 Å². The number of hydrogen-bond acceptors (Lipinski definition) is 5. The normalized spacial score (nSPS) is 12.0. The summed E-state index contributed by atoms with van der Waals surface area (Å²) in [6.07, 6.45) is 3.55. The summed E-state index contributed by atoms with van der Waals surface area (Å²) in [5, 5.41) is 0. The highest BCUT2D eigenvalue weighted by atomic mass is 35.7. The van der Waals surface area contributed by atoms with E-state index in [-0.39, 0.29) is 5.78 Å². The summed E-state index contributed by atoms with van der Waals surface area (Å²) in [5.74, 6) is -0.0986. The molecule has 0 amide bonds. The Balaban J connectivity index is 0.000000383. The zero-order valence-electron chi connectivity index (χ0n) is 10.6. The molecule has 2 rings (SSSR count). The first-order chi connectivity index (χ1) is 9.79. The van der Waals surface area contributed by atoms with Crippen molar-refractivity contribution in [3.63, 3.8) is 0 Å². The summed E-state index contributed by atoms with van der Waals surface area (Å²) in [6.45, 7) is 0. The van der Waals surface area contributed by atoms with E-state index in [2.05, 4.69) is 0 Å². The first-order valence-electron chi connectivity index (χ1n) is 5.60. The van der Waals surface area contributed by atoms with Gasteiger partial charge >= 0.3 is 0 Å². The van der Waals surface area contributed by atoms with Gasteiger partial charge in [-0.25, -0.2) is 18.6 Å².